The fourth-order valence-electron chi connectivity index (χ4n) is 3.05. The zero-order chi connectivity index (χ0) is 15.3. The van der Waals surface area contributed by atoms with Gasteiger partial charge in [0.2, 0.25) is 0 Å². The van der Waals surface area contributed by atoms with Gasteiger partial charge >= 0.3 is 0 Å². The van der Waals surface area contributed by atoms with Crippen molar-refractivity contribution in [2.24, 2.45) is 0 Å². The number of aliphatic hydroxyl groups is 1. The monoisotopic (exact) mass is 288 g/mol. The van der Waals surface area contributed by atoms with E-state index in [0.717, 1.165) is 0 Å². The minimum absolute atomic E-state index is 0.159. The van der Waals surface area contributed by atoms with Gasteiger partial charge in [-0.05, 0) is 19.9 Å². The third kappa shape index (κ3) is 1.85. The Bertz CT molecular complexity index is 673. The molecule has 3 atom stereocenters. The maximum absolute atomic E-state index is 12.8. The number of hydrogen-bond acceptors (Lipinski definition) is 5. The predicted molar refractivity (Wildman–Crippen MR) is 74.7 cm³/mol. The number of aliphatic hydroxyl groups excluding tert-OH is 1. The molecule has 0 aromatic heterocycles. The Balaban J connectivity index is 2.26. The van der Waals surface area contributed by atoms with E-state index < -0.39 is 18.3 Å². The molecule has 1 aliphatic heterocycles. The second kappa shape index (κ2) is 4.79. The topological polar surface area (TPSA) is 72.8 Å². The van der Waals surface area contributed by atoms with Crippen molar-refractivity contribution in [3.05, 3.63) is 40.5 Å². The fraction of sp³-hybridized carbons (Fsp3) is 0.375. The molecule has 0 amide bonds. The normalized spacial score (nSPS) is 28.3. The number of benzene rings is 1. The van der Waals surface area contributed by atoms with Crippen LogP contribution in [0.25, 0.3) is 0 Å². The lowest BCUT2D eigenvalue weighted by Crippen LogP contribution is -2.45. The van der Waals surface area contributed by atoms with E-state index in [1.54, 1.807) is 32.0 Å². The number of fused-ring (bicyclic) bond motifs is 1. The molecule has 3 rings (SSSR count). The van der Waals surface area contributed by atoms with Crippen molar-refractivity contribution < 1.29 is 24.2 Å². The van der Waals surface area contributed by atoms with Crippen LogP contribution in [0.1, 0.15) is 34.6 Å². The second-order valence-electron chi connectivity index (χ2n) is 5.30. The van der Waals surface area contributed by atoms with Crippen molar-refractivity contribution >= 4 is 11.6 Å². The van der Waals surface area contributed by atoms with Gasteiger partial charge < -0.3 is 14.6 Å². The Morgan fingerprint density at radius 2 is 1.86 bits per heavy atom. The van der Waals surface area contributed by atoms with Crippen molar-refractivity contribution in [1.82, 2.24) is 0 Å². The summed E-state index contributed by atoms with van der Waals surface area (Å²) in [5.74, 6) is -0.277. The summed E-state index contributed by atoms with van der Waals surface area (Å²) in [6.07, 6.45) is -2.15. The van der Waals surface area contributed by atoms with Gasteiger partial charge in [-0.1, -0.05) is 12.1 Å². The molecular weight excluding hydrogens is 272 g/mol. The minimum Gasteiger partial charge on any atom is -0.496 e. The summed E-state index contributed by atoms with van der Waals surface area (Å²) in [6, 6.07) is 4.88. The molecule has 3 unspecified atom stereocenters. The molecule has 110 valence electrons. The van der Waals surface area contributed by atoms with E-state index >= 15 is 0 Å². The Hall–Kier alpha value is -1.98. The Morgan fingerprint density at radius 1 is 1.14 bits per heavy atom. The van der Waals surface area contributed by atoms with Crippen molar-refractivity contribution in [3.8, 4) is 5.75 Å². The first-order valence-electron chi connectivity index (χ1n) is 6.81. The summed E-state index contributed by atoms with van der Waals surface area (Å²) in [7, 11) is 1.45. The summed E-state index contributed by atoms with van der Waals surface area (Å²) in [4.78, 5) is 25.4. The lowest BCUT2D eigenvalue weighted by Gasteiger charge is -2.36. The molecule has 1 aromatic rings. The highest BCUT2D eigenvalue weighted by Gasteiger charge is 2.44. The van der Waals surface area contributed by atoms with Crippen LogP contribution in [0.15, 0.2) is 29.3 Å². The van der Waals surface area contributed by atoms with Crippen LogP contribution in [0, 0.1) is 0 Å². The first kappa shape index (κ1) is 14.0. The highest BCUT2D eigenvalue weighted by Crippen LogP contribution is 2.38. The molecule has 0 bridgehead atoms. The fourth-order valence-corrected chi connectivity index (χ4v) is 3.05. The number of carbonyl (C=O) groups is 2. The van der Waals surface area contributed by atoms with Crippen molar-refractivity contribution in [2.45, 2.75) is 32.2 Å². The molecule has 0 spiro atoms. The van der Waals surface area contributed by atoms with Gasteiger partial charge in [0.25, 0.3) is 0 Å². The summed E-state index contributed by atoms with van der Waals surface area (Å²) in [6.45, 7) is 3.40. The van der Waals surface area contributed by atoms with Gasteiger partial charge in [0, 0.05) is 16.7 Å². The number of methoxy groups -OCH3 is 1. The average Bonchev–Trinajstić information content (AvgIpc) is 2.47. The molecule has 21 heavy (non-hydrogen) atoms. The number of Topliss-reactive ketones (excluding diaryl/α,β-unsaturated/α-hetero) is 2. The largest absolute Gasteiger partial charge is 0.496 e. The van der Waals surface area contributed by atoms with Crippen LogP contribution in [-0.2, 0) is 4.74 Å². The van der Waals surface area contributed by atoms with Crippen LogP contribution in [0.3, 0.4) is 0 Å². The SMILES string of the molecule is COc1cccc2c1C(=O)C1=C(C2=O)C(O)C(C)OC1C. The zero-order valence-corrected chi connectivity index (χ0v) is 12.0. The summed E-state index contributed by atoms with van der Waals surface area (Å²) in [5.41, 5.74) is 0.925. The van der Waals surface area contributed by atoms with Gasteiger partial charge in [0.05, 0.1) is 24.9 Å². The maximum Gasteiger partial charge on any atom is 0.196 e. The van der Waals surface area contributed by atoms with Gasteiger partial charge in [-0.3, -0.25) is 9.59 Å². The van der Waals surface area contributed by atoms with E-state index in [0.29, 0.717) is 5.75 Å². The van der Waals surface area contributed by atoms with E-state index in [-0.39, 0.29) is 33.8 Å². The molecule has 1 aliphatic carbocycles. The standard InChI is InChI=1S/C16H16O5/c1-7-11-13(14(17)8(2)21-7)15(18)9-5-4-6-10(20-3)12(9)16(11)19/h4-8,14,17H,1-3H3. The first-order chi connectivity index (χ1) is 9.97. The van der Waals surface area contributed by atoms with Crippen LogP contribution < -0.4 is 4.74 Å². The Kier molecular flexibility index (Phi) is 3.19. The lowest BCUT2D eigenvalue weighted by atomic mass is 9.77. The molecule has 0 saturated heterocycles. The average molecular weight is 288 g/mol. The van der Waals surface area contributed by atoms with Crippen molar-refractivity contribution in [1.29, 1.82) is 0 Å². The Morgan fingerprint density at radius 3 is 2.52 bits per heavy atom. The van der Waals surface area contributed by atoms with Gasteiger partial charge in [-0.25, -0.2) is 0 Å². The molecule has 1 heterocycles. The molecule has 0 fully saturated rings. The molecule has 5 nitrogen and oxygen atoms in total. The van der Waals surface area contributed by atoms with Crippen molar-refractivity contribution in [3.63, 3.8) is 0 Å². The van der Waals surface area contributed by atoms with E-state index in [1.807, 2.05) is 0 Å². The van der Waals surface area contributed by atoms with Crippen LogP contribution >= 0.6 is 0 Å². The third-order valence-electron chi connectivity index (χ3n) is 4.06. The number of ketones is 2. The smallest absolute Gasteiger partial charge is 0.196 e. The van der Waals surface area contributed by atoms with E-state index in [2.05, 4.69) is 0 Å². The van der Waals surface area contributed by atoms with Gasteiger partial charge in [-0.2, -0.15) is 0 Å². The van der Waals surface area contributed by atoms with Crippen LogP contribution in [-0.4, -0.2) is 42.1 Å². The van der Waals surface area contributed by atoms with E-state index in [1.165, 1.54) is 7.11 Å². The van der Waals surface area contributed by atoms with Gasteiger partial charge in [0.1, 0.15) is 11.9 Å². The number of carbonyl (C=O) groups excluding carboxylic acids is 2. The number of ether oxygens (including phenoxy) is 2. The van der Waals surface area contributed by atoms with E-state index in [4.69, 9.17) is 9.47 Å². The number of rotatable bonds is 1. The third-order valence-corrected chi connectivity index (χ3v) is 4.06. The maximum atomic E-state index is 12.8. The summed E-state index contributed by atoms with van der Waals surface area (Å²) < 4.78 is 10.7. The number of hydrogen-bond donors (Lipinski definition) is 1. The highest BCUT2D eigenvalue weighted by molar-refractivity contribution is 6.28. The molecule has 1 aromatic carbocycles. The van der Waals surface area contributed by atoms with Crippen molar-refractivity contribution in [2.75, 3.05) is 7.11 Å². The van der Waals surface area contributed by atoms with Crippen LogP contribution in [0.2, 0.25) is 0 Å². The zero-order valence-electron chi connectivity index (χ0n) is 12.0. The predicted octanol–water partition coefficient (Wildman–Crippen LogP) is 1.54. The summed E-state index contributed by atoms with van der Waals surface area (Å²) >= 11 is 0. The van der Waals surface area contributed by atoms with Crippen LogP contribution in [0.4, 0.5) is 0 Å². The molecule has 0 saturated carbocycles. The molecule has 1 N–H and O–H groups in total. The second-order valence-corrected chi connectivity index (χ2v) is 5.30. The van der Waals surface area contributed by atoms with Gasteiger partial charge in [-0.15, -0.1) is 0 Å². The molecular formula is C16H16O5. The first-order valence-corrected chi connectivity index (χ1v) is 6.81. The van der Waals surface area contributed by atoms with E-state index in [9.17, 15) is 14.7 Å². The summed E-state index contributed by atoms with van der Waals surface area (Å²) in [5, 5.41) is 10.2. The molecule has 5 heteroatoms. The minimum atomic E-state index is -1.09. The lowest BCUT2D eigenvalue weighted by molar-refractivity contribution is -0.0492. The molecule has 0 radical (unpaired) electrons. The highest BCUT2D eigenvalue weighted by atomic mass is 16.5. The Labute approximate surface area is 122 Å². The van der Waals surface area contributed by atoms with Gasteiger partial charge in [0.15, 0.2) is 11.6 Å². The quantitative estimate of drug-likeness (QED) is 0.848. The molecule has 2 aliphatic rings. The van der Waals surface area contributed by atoms with Crippen LogP contribution in [0.5, 0.6) is 5.75 Å².